The van der Waals surface area contributed by atoms with Crippen molar-refractivity contribution < 1.29 is 24.3 Å². The number of para-hydroxylation sites is 1. The van der Waals surface area contributed by atoms with E-state index in [1.165, 1.54) is 0 Å². The Bertz CT molecular complexity index is 1070. The van der Waals surface area contributed by atoms with Gasteiger partial charge < -0.3 is 31.8 Å². The predicted octanol–water partition coefficient (Wildman–Crippen LogP) is 1.21. The second kappa shape index (κ2) is 13.3. The molecule has 2 rings (SSSR count). The number of nitrogens with two attached hydrogens (primary N) is 1. The van der Waals surface area contributed by atoms with Crippen LogP contribution in [0.15, 0.2) is 30.5 Å². The van der Waals surface area contributed by atoms with Crippen LogP contribution in [0.2, 0.25) is 0 Å². The van der Waals surface area contributed by atoms with Crippen LogP contribution in [0.3, 0.4) is 0 Å². The zero-order valence-electron chi connectivity index (χ0n) is 21.1. The number of H-pyrrole nitrogens is 1. The third kappa shape index (κ3) is 7.99. The fourth-order valence-electron chi connectivity index (χ4n) is 3.83. The Morgan fingerprint density at radius 3 is 2.17 bits per heavy atom. The first-order valence-electron chi connectivity index (χ1n) is 12.0. The molecular formula is C25H37N5O5S. The number of hydrogen-bond donors (Lipinski definition) is 7. The van der Waals surface area contributed by atoms with Gasteiger partial charge in [-0.25, -0.2) is 4.79 Å². The molecule has 2 aromatic rings. The van der Waals surface area contributed by atoms with Gasteiger partial charge in [0.05, 0.1) is 6.04 Å². The van der Waals surface area contributed by atoms with Gasteiger partial charge in [0.25, 0.3) is 0 Å². The van der Waals surface area contributed by atoms with Crippen LogP contribution in [0.25, 0.3) is 10.9 Å². The third-order valence-electron chi connectivity index (χ3n) is 5.84. The number of aromatic amines is 1. The van der Waals surface area contributed by atoms with Crippen LogP contribution in [-0.2, 0) is 25.6 Å². The van der Waals surface area contributed by atoms with Crippen LogP contribution in [-0.4, -0.2) is 63.7 Å². The number of carboxylic acid groups (broad SMARTS) is 1. The normalized spacial score (nSPS) is 14.8. The Labute approximate surface area is 216 Å². The van der Waals surface area contributed by atoms with E-state index in [-0.39, 0.29) is 24.0 Å². The lowest BCUT2D eigenvalue weighted by atomic mass is 9.99. The Morgan fingerprint density at radius 1 is 0.972 bits per heavy atom. The van der Waals surface area contributed by atoms with Crippen molar-refractivity contribution >= 4 is 47.2 Å². The van der Waals surface area contributed by atoms with Gasteiger partial charge in [0, 0.05) is 29.3 Å². The minimum Gasteiger partial charge on any atom is -0.480 e. The fourth-order valence-corrected chi connectivity index (χ4v) is 4.00. The predicted molar refractivity (Wildman–Crippen MR) is 142 cm³/mol. The number of carboxylic acids is 1. The molecule has 0 spiro atoms. The quantitative estimate of drug-likeness (QED) is 0.196. The number of carbonyl (C=O) groups is 4. The number of fused-ring (bicyclic) bond motifs is 1. The summed E-state index contributed by atoms with van der Waals surface area (Å²) in [5, 5.41) is 18.4. The molecule has 1 aromatic carbocycles. The summed E-state index contributed by atoms with van der Waals surface area (Å²) < 4.78 is 0. The van der Waals surface area contributed by atoms with E-state index in [4.69, 9.17) is 5.73 Å². The summed E-state index contributed by atoms with van der Waals surface area (Å²) in [5.41, 5.74) is 7.41. The summed E-state index contributed by atoms with van der Waals surface area (Å²) in [6, 6.07) is 3.51. The molecular weight excluding hydrogens is 482 g/mol. The van der Waals surface area contributed by atoms with Crippen molar-refractivity contribution in [3.05, 3.63) is 36.0 Å². The van der Waals surface area contributed by atoms with Gasteiger partial charge in [-0.3, -0.25) is 14.4 Å². The molecule has 36 heavy (non-hydrogen) atoms. The molecule has 0 bridgehead atoms. The molecule has 0 radical (unpaired) electrons. The lowest BCUT2D eigenvalue weighted by Crippen LogP contribution is -2.58. The molecule has 0 aliphatic rings. The number of amides is 3. The van der Waals surface area contributed by atoms with Gasteiger partial charge in [-0.2, -0.15) is 12.6 Å². The molecule has 10 nitrogen and oxygen atoms in total. The number of thiol groups is 1. The highest BCUT2D eigenvalue weighted by molar-refractivity contribution is 7.80. The van der Waals surface area contributed by atoms with Gasteiger partial charge in [0.2, 0.25) is 17.7 Å². The molecule has 7 N–H and O–H groups in total. The molecule has 4 unspecified atom stereocenters. The van der Waals surface area contributed by atoms with Crippen LogP contribution in [0, 0.1) is 11.8 Å². The maximum Gasteiger partial charge on any atom is 0.326 e. The summed E-state index contributed by atoms with van der Waals surface area (Å²) in [6.45, 7) is 7.18. The van der Waals surface area contributed by atoms with Gasteiger partial charge >= 0.3 is 5.97 Å². The van der Waals surface area contributed by atoms with E-state index in [0.717, 1.165) is 16.5 Å². The first kappa shape index (κ1) is 29.2. The monoisotopic (exact) mass is 519 g/mol. The molecule has 0 saturated carbocycles. The van der Waals surface area contributed by atoms with E-state index in [2.05, 4.69) is 33.6 Å². The maximum atomic E-state index is 13.3. The Morgan fingerprint density at radius 2 is 1.58 bits per heavy atom. The summed E-state index contributed by atoms with van der Waals surface area (Å²) >= 11 is 4.03. The number of carbonyl (C=O) groups excluding carboxylic acids is 3. The van der Waals surface area contributed by atoms with Crippen molar-refractivity contribution in [2.24, 2.45) is 17.6 Å². The molecule has 198 valence electrons. The molecule has 0 saturated heterocycles. The van der Waals surface area contributed by atoms with Crippen LogP contribution in [0.1, 0.15) is 39.7 Å². The zero-order chi connectivity index (χ0) is 27.0. The van der Waals surface area contributed by atoms with Gasteiger partial charge in [-0.15, -0.1) is 0 Å². The molecule has 3 amide bonds. The Balaban J connectivity index is 2.33. The summed E-state index contributed by atoms with van der Waals surface area (Å²) in [7, 11) is 0. The summed E-state index contributed by atoms with van der Waals surface area (Å²) in [5.74, 6) is -3.07. The lowest BCUT2D eigenvalue weighted by Gasteiger charge is -2.26. The van der Waals surface area contributed by atoms with Gasteiger partial charge in [-0.1, -0.05) is 45.9 Å². The standard InChI is InChI=1S/C25H37N5O5S/c1-13(2)9-19(28-22(31)17(26)12-36)23(32)29-20(24(33)30-21(14(3)4)25(34)35)10-15-11-27-18-8-6-5-7-16(15)18/h5-8,11,13-14,17,19-21,27,36H,9-10,12,26H2,1-4H3,(H,28,31)(H,29,32)(H,30,33)(H,34,35). The van der Waals surface area contributed by atoms with E-state index in [1.54, 1.807) is 20.0 Å². The van der Waals surface area contributed by atoms with Crippen LogP contribution >= 0.6 is 12.6 Å². The molecule has 0 fully saturated rings. The number of aliphatic carboxylic acids is 1. The SMILES string of the molecule is CC(C)CC(NC(=O)C(N)CS)C(=O)NC(Cc1c[nH]c2ccccc12)C(=O)NC(C(=O)O)C(C)C. The van der Waals surface area contributed by atoms with Crippen molar-refractivity contribution in [3.8, 4) is 0 Å². The molecule has 4 atom stereocenters. The van der Waals surface area contributed by atoms with Gasteiger partial charge in [0.1, 0.15) is 18.1 Å². The summed E-state index contributed by atoms with van der Waals surface area (Å²) in [4.78, 5) is 53.8. The topological polar surface area (TPSA) is 166 Å². The second-order valence-corrected chi connectivity index (χ2v) is 10.0. The van der Waals surface area contributed by atoms with Gasteiger partial charge in [0.15, 0.2) is 0 Å². The molecule has 1 aromatic heterocycles. The lowest BCUT2D eigenvalue weighted by molar-refractivity contribution is -0.143. The minimum absolute atomic E-state index is 0.0616. The van der Waals surface area contributed by atoms with Gasteiger partial charge in [-0.05, 0) is 29.9 Å². The van der Waals surface area contributed by atoms with Crippen molar-refractivity contribution in [2.75, 3.05) is 5.75 Å². The fraction of sp³-hybridized carbons (Fsp3) is 0.520. The number of benzene rings is 1. The van der Waals surface area contributed by atoms with Crippen molar-refractivity contribution in [1.82, 2.24) is 20.9 Å². The Hall–Kier alpha value is -3.05. The largest absolute Gasteiger partial charge is 0.480 e. The van der Waals surface area contributed by atoms with Crippen LogP contribution < -0.4 is 21.7 Å². The van der Waals surface area contributed by atoms with Crippen LogP contribution in [0.5, 0.6) is 0 Å². The number of nitrogens with one attached hydrogen (secondary N) is 4. The first-order chi connectivity index (χ1) is 16.9. The van der Waals surface area contributed by atoms with Crippen LogP contribution in [0.4, 0.5) is 0 Å². The highest BCUT2D eigenvalue weighted by Gasteiger charge is 2.32. The molecule has 0 aliphatic heterocycles. The van der Waals surface area contributed by atoms with E-state index in [9.17, 15) is 24.3 Å². The Kier molecular flexibility index (Phi) is 10.8. The van der Waals surface area contributed by atoms with Crippen molar-refractivity contribution in [2.45, 2.75) is 64.7 Å². The minimum atomic E-state index is -1.17. The van der Waals surface area contributed by atoms with E-state index in [1.807, 2.05) is 38.1 Å². The van der Waals surface area contributed by atoms with E-state index >= 15 is 0 Å². The average molecular weight is 520 g/mol. The number of hydrogen-bond acceptors (Lipinski definition) is 6. The molecule has 0 aliphatic carbocycles. The highest BCUT2D eigenvalue weighted by atomic mass is 32.1. The smallest absolute Gasteiger partial charge is 0.326 e. The third-order valence-corrected chi connectivity index (χ3v) is 6.23. The zero-order valence-corrected chi connectivity index (χ0v) is 22.0. The van der Waals surface area contributed by atoms with Crippen molar-refractivity contribution in [1.29, 1.82) is 0 Å². The molecule has 11 heteroatoms. The van der Waals surface area contributed by atoms with E-state index < -0.39 is 47.9 Å². The summed E-state index contributed by atoms with van der Waals surface area (Å²) in [6.07, 6.45) is 2.19. The maximum absolute atomic E-state index is 13.3. The highest BCUT2D eigenvalue weighted by Crippen LogP contribution is 2.19. The average Bonchev–Trinajstić information content (AvgIpc) is 3.22. The number of aromatic nitrogens is 1. The molecule has 1 heterocycles. The second-order valence-electron chi connectivity index (χ2n) is 9.67. The number of rotatable bonds is 13. The van der Waals surface area contributed by atoms with Crippen molar-refractivity contribution in [3.63, 3.8) is 0 Å². The first-order valence-corrected chi connectivity index (χ1v) is 12.6. The van der Waals surface area contributed by atoms with E-state index in [0.29, 0.717) is 6.42 Å².